The third-order valence-corrected chi connectivity index (χ3v) is 5.41. The molecule has 2 aliphatic carbocycles. The van der Waals surface area contributed by atoms with Crippen molar-refractivity contribution in [1.29, 1.82) is 0 Å². The maximum atomic E-state index is 4.00. The number of nitrogens with one attached hydrogen (secondary N) is 1. The van der Waals surface area contributed by atoms with E-state index in [1.165, 1.54) is 51.4 Å². The Morgan fingerprint density at radius 1 is 0.895 bits per heavy atom. The summed E-state index contributed by atoms with van der Waals surface area (Å²) >= 11 is 0. The second-order valence-electron chi connectivity index (χ2n) is 8.96. The summed E-state index contributed by atoms with van der Waals surface area (Å²) < 4.78 is 0. The molecule has 0 radical (unpaired) electrons. The lowest BCUT2D eigenvalue weighted by atomic mass is 9.63. The lowest BCUT2D eigenvalue weighted by Gasteiger charge is -2.46. The predicted molar refractivity (Wildman–Crippen MR) is 84.4 cm³/mol. The van der Waals surface area contributed by atoms with E-state index >= 15 is 0 Å². The van der Waals surface area contributed by atoms with Gasteiger partial charge in [0.1, 0.15) is 0 Å². The van der Waals surface area contributed by atoms with Gasteiger partial charge in [0.05, 0.1) is 0 Å². The highest BCUT2D eigenvalue weighted by atomic mass is 15.0. The van der Waals surface area contributed by atoms with Crippen molar-refractivity contribution >= 4 is 0 Å². The van der Waals surface area contributed by atoms with Gasteiger partial charge in [0.25, 0.3) is 0 Å². The van der Waals surface area contributed by atoms with Gasteiger partial charge in [0.2, 0.25) is 0 Å². The van der Waals surface area contributed by atoms with Gasteiger partial charge in [-0.15, -0.1) is 0 Å². The molecule has 0 aromatic heterocycles. The smallest absolute Gasteiger partial charge is 0.00798 e. The van der Waals surface area contributed by atoms with Crippen molar-refractivity contribution in [2.24, 2.45) is 16.7 Å². The first kappa shape index (κ1) is 15.4. The Labute approximate surface area is 120 Å². The summed E-state index contributed by atoms with van der Waals surface area (Å²) in [6.45, 7) is 12.2. The van der Waals surface area contributed by atoms with E-state index < -0.39 is 0 Å². The largest absolute Gasteiger partial charge is 0.311 e. The molecular formula is C18H35N. The van der Waals surface area contributed by atoms with Crippen LogP contribution in [0.4, 0.5) is 0 Å². The average molecular weight is 265 g/mol. The van der Waals surface area contributed by atoms with Gasteiger partial charge in [-0.2, -0.15) is 0 Å². The van der Waals surface area contributed by atoms with Crippen molar-refractivity contribution in [1.82, 2.24) is 5.32 Å². The quantitative estimate of drug-likeness (QED) is 0.744. The Morgan fingerprint density at radius 3 is 1.95 bits per heavy atom. The molecule has 0 spiro atoms. The van der Waals surface area contributed by atoms with Crippen molar-refractivity contribution in [3.63, 3.8) is 0 Å². The Morgan fingerprint density at radius 2 is 1.42 bits per heavy atom. The van der Waals surface area contributed by atoms with Crippen molar-refractivity contribution in [3.8, 4) is 0 Å². The maximum absolute atomic E-state index is 4.00. The topological polar surface area (TPSA) is 12.0 Å². The molecule has 112 valence electrons. The molecule has 2 rings (SSSR count). The second-order valence-corrected chi connectivity index (χ2v) is 8.96. The van der Waals surface area contributed by atoms with E-state index in [1.807, 2.05) is 0 Å². The monoisotopic (exact) mass is 265 g/mol. The maximum Gasteiger partial charge on any atom is 0.00798 e. The minimum absolute atomic E-state index is 0.506. The predicted octanol–water partition coefficient (Wildman–Crippen LogP) is 5.15. The summed E-state index contributed by atoms with van der Waals surface area (Å²) in [6.07, 6.45) is 11.4. The van der Waals surface area contributed by atoms with Crippen LogP contribution in [0.1, 0.15) is 86.0 Å². The van der Waals surface area contributed by atoms with E-state index in [-0.39, 0.29) is 0 Å². The molecule has 0 saturated heterocycles. The van der Waals surface area contributed by atoms with E-state index in [2.05, 4.69) is 39.9 Å². The molecule has 19 heavy (non-hydrogen) atoms. The molecule has 0 aromatic rings. The summed E-state index contributed by atoms with van der Waals surface area (Å²) in [6, 6.07) is 1.45. The van der Waals surface area contributed by atoms with Crippen LogP contribution in [0.3, 0.4) is 0 Å². The molecule has 2 aliphatic rings. The van der Waals surface area contributed by atoms with Crippen LogP contribution < -0.4 is 5.32 Å². The first-order valence-electron chi connectivity index (χ1n) is 8.54. The second kappa shape index (κ2) is 5.76. The Kier molecular flexibility index (Phi) is 4.65. The van der Waals surface area contributed by atoms with Crippen LogP contribution in [0.15, 0.2) is 0 Å². The van der Waals surface area contributed by atoms with E-state index in [0.29, 0.717) is 10.8 Å². The summed E-state index contributed by atoms with van der Waals surface area (Å²) in [5.41, 5.74) is 1.01. The minimum Gasteiger partial charge on any atom is -0.311 e. The molecule has 0 unspecified atom stereocenters. The molecule has 2 fully saturated rings. The summed E-state index contributed by atoms with van der Waals surface area (Å²) in [7, 11) is 0. The minimum atomic E-state index is 0.506. The Bertz CT molecular complexity index is 270. The van der Waals surface area contributed by atoms with Crippen LogP contribution in [0, 0.1) is 16.7 Å². The van der Waals surface area contributed by atoms with Crippen LogP contribution in [0.25, 0.3) is 0 Å². The molecular weight excluding hydrogens is 230 g/mol. The van der Waals surface area contributed by atoms with E-state index in [1.54, 1.807) is 0 Å². The fourth-order valence-electron chi connectivity index (χ4n) is 5.11. The highest BCUT2D eigenvalue weighted by molar-refractivity contribution is 4.93. The number of rotatable bonds is 3. The zero-order valence-electron chi connectivity index (χ0n) is 13.9. The zero-order valence-corrected chi connectivity index (χ0v) is 13.9. The van der Waals surface area contributed by atoms with E-state index in [9.17, 15) is 0 Å². The van der Waals surface area contributed by atoms with E-state index in [4.69, 9.17) is 0 Å². The first-order chi connectivity index (χ1) is 8.77. The standard InChI is InChI=1S/C18H35N/c1-14(15-9-7-6-8-10-15)19-16-11-17(2,3)13-18(4,5)12-16/h14-16,19H,6-13H2,1-5H3/t14-/m0/s1. The molecule has 1 atom stereocenters. The lowest BCUT2D eigenvalue weighted by Crippen LogP contribution is -2.48. The van der Waals surface area contributed by atoms with Gasteiger partial charge < -0.3 is 5.32 Å². The van der Waals surface area contributed by atoms with Gasteiger partial charge in [-0.25, -0.2) is 0 Å². The lowest BCUT2D eigenvalue weighted by molar-refractivity contribution is 0.0754. The van der Waals surface area contributed by atoms with Gasteiger partial charge in [0, 0.05) is 12.1 Å². The third kappa shape index (κ3) is 4.48. The van der Waals surface area contributed by atoms with E-state index in [0.717, 1.165) is 18.0 Å². The van der Waals surface area contributed by atoms with Crippen LogP contribution in [0.5, 0.6) is 0 Å². The van der Waals surface area contributed by atoms with Crippen molar-refractivity contribution < 1.29 is 0 Å². The highest BCUT2D eigenvalue weighted by Crippen LogP contribution is 2.46. The molecule has 2 saturated carbocycles. The van der Waals surface area contributed by atoms with Gasteiger partial charge in [-0.3, -0.25) is 0 Å². The summed E-state index contributed by atoms with van der Waals surface area (Å²) in [4.78, 5) is 0. The molecule has 0 aromatic carbocycles. The van der Waals surface area contributed by atoms with Crippen LogP contribution in [0.2, 0.25) is 0 Å². The van der Waals surface area contributed by atoms with Gasteiger partial charge in [-0.1, -0.05) is 47.0 Å². The fraction of sp³-hybridized carbons (Fsp3) is 1.00. The molecule has 0 heterocycles. The molecule has 1 nitrogen and oxygen atoms in total. The molecule has 1 N–H and O–H groups in total. The van der Waals surface area contributed by atoms with Gasteiger partial charge in [-0.05, 0) is 55.8 Å². The molecule has 0 amide bonds. The van der Waals surface area contributed by atoms with Crippen LogP contribution >= 0.6 is 0 Å². The van der Waals surface area contributed by atoms with Crippen LogP contribution in [-0.4, -0.2) is 12.1 Å². The van der Waals surface area contributed by atoms with Crippen molar-refractivity contribution in [3.05, 3.63) is 0 Å². The molecule has 0 aliphatic heterocycles. The average Bonchev–Trinajstić information content (AvgIpc) is 2.25. The van der Waals surface area contributed by atoms with Crippen molar-refractivity contribution in [2.45, 2.75) is 98.1 Å². The van der Waals surface area contributed by atoms with Crippen LogP contribution in [-0.2, 0) is 0 Å². The first-order valence-corrected chi connectivity index (χ1v) is 8.54. The fourth-order valence-corrected chi connectivity index (χ4v) is 5.11. The molecule has 0 bridgehead atoms. The number of hydrogen-bond acceptors (Lipinski definition) is 1. The van der Waals surface area contributed by atoms with Gasteiger partial charge in [0.15, 0.2) is 0 Å². The Balaban J connectivity index is 1.90. The summed E-state index contributed by atoms with van der Waals surface area (Å²) in [5, 5.41) is 4.00. The van der Waals surface area contributed by atoms with Crippen molar-refractivity contribution in [2.75, 3.05) is 0 Å². The third-order valence-electron chi connectivity index (χ3n) is 5.41. The molecule has 1 heteroatoms. The Hall–Kier alpha value is -0.0400. The van der Waals surface area contributed by atoms with Gasteiger partial charge >= 0.3 is 0 Å². The zero-order chi connectivity index (χ0) is 14.1. The normalized spacial score (nSPS) is 30.2. The number of hydrogen-bond donors (Lipinski definition) is 1. The SMILES string of the molecule is C[C@H](NC1CC(C)(C)CC(C)(C)C1)C1CCCCC1. The highest BCUT2D eigenvalue weighted by Gasteiger charge is 2.39. The summed E-state index contributed by atoms with van der Waals surface area (Å²) in [5.74, 6) is 0.932.